The van der Waals surface area contributed by atoms with Gasteiger partial charge in [-0.15, -0.1) is 5.06 Å². The van der Waals surface area contributed by atoms with E-state index in [2.05, 4.69) is 0 Å². The van der Waals surface area contributed by atoms with E-state index >= 15 is 0 Å². The minimum Gasteiger partial charge on any atom is -0.491 e. The largest absolute Gasteiger partial charge is 0.491 e. The van der Waals surface area contributed by atoms with E-state index < -0.39 is 42.2 Å². The van der Waals surface area contributed by atoms with Gasteiger partial charge >= 0.3 is 0 Å². The molecule has 4 aliphatic rings. The number of hydrogen-bond acceptors (Lipinski definition) is 9. The fraction of sp³-hybridized carbons (Fsp3) is 0.556. The Bertz CT molecular complexity index is 1090. The molecule has 9 heteroatoms. The van der Waals surface area contributed by atoms with Gasteiger partial charge in [0.2, 0.25) is 0 Å². The lowest BCUT2D eigenvalue weighted by molar-refractivity contribution is -0.285. The summed E-state index contributed by atoms with van der Waals surface area (Å²) in [5, 5.41) is 12.6. The van der Waals surface area contributed by atoms with E-state index in [9.17, 15) is 5.21 Å². The van der Waals surface area contributed by atoms with Gasteiger partial charge in [-0.3, -0.25) is 0 Å². The highest BCUT2D eigenvalue weighted by atomic mass is 16.8. The molecule has 1 N–H and O–H groups in total. The lowest BCUT2D eigenvalue weighted by atomic mass is 10.0. The molecule has 0 amide bonds. The zero-order valence-electron chi connectivity index (χ0n) is 21.0. The standard InChI is InChI=1S/C27H33NO8/c1-26(2)32-15-21(34-26)22-23-24(36-27(3,4)35-23)25(33-22)28(29)19-14-31-20-12-17(10-11-18(19)20)30-13-16-8-6-5-7-9-16/h5-12,19,21-25,29H,13-15H2,1-4H3/t19-,21+,22+,23-,24-,25?/m0/s1. The third-order valence-corrected chi connectivity index (χ3v) is 7.03. The first-order valence-electron chi connectivity index (χ1n) is 12.4. The molecular weight excluding hydrogens is 466 g/mol. The van der Waals surface area contributed by atoms with Crippen LogP contribution in [0, 0.1) is 0 Å². The van der Waals surface area contributed by atoms with Gasteiger partial charge in [-0.25, -0.2) is 0 Å². The van der Waals surface area contributed by atoms with Crippen molar-refractivity contribution in [3.63, 3.8) is 0 Å². The fourth-order valence-corrected chi connectivity index (χ4v) is 5.40. The Balaban J connectivity index is 1.18. The van der Waals surface area contributed by atoms with Crippen LogP contribution < -0.4 is 9.47 Å². The van der Waals surface area contributed by atoms with E-state index in [0.717, 1.165) is 11.1 Å². The van der Waals surface area contributed by atoms with Crippen molar-refractivity contribution >= 4 is 0 Å². The minimum absolute atomic E-state index is 0.274. The summed E-state index contributed by atoms with van der Waals surface area (Å²) < 4.78 is 42.4. The number of nitrogens with zero attached hydrogens (tertiary/aromatic N) is 1. The number of hydroxylamine groups is 2. The summed E-state index contributed by atoms with van der Waals surface area (Å²) in [7, 11) is 0. The van der Waals surface area contributed by atoms with Gasteiger partial charge in [0.05, 0.1) is 6.61 Å². The molecule has 194 valence electrons. The smallest absolute Gasteiger partial charge is 0.164 e. The number of ether oxygens (including phenoxy) is 7. The molecule has 0 aliphatic carbocycles. The van der Waals surface area contributed by atoms with Crippen LogP contribution in [-0.2, 0) is 30.3 Å². The molecule has 2 aromatic carbocycles. The maximum absolute atomic E-state index is 11.4. The summed E-state index contributed by atoms with van der Waals surface area (Å²) in [6.07, 6.45) is -2.45. The van der Waals surface area contributed by atoms with Crippen LogP contribution in [0.3, 0.4) is 0 Å². The van der Waals surface area contributed by atoms with Crippen LogP contribution in [0.1, 0.15) is 44.9 Å². The van der Waals surface area contributed by atoms with E-state index in [1.807, 2.05) is 76.2 Å². The fourth-order valence-electron chi connectivity index (χ4n) is 5.40. The third-order valence-electron chi connectivity index (χ3n) is 7.03. The van der Waals surface area contributed by atoms with E-state index in [1.165, 1.54) is 5.06 Å². The molecule has 3 saturated heterocycles. The van der Waals surface area contributed by atoms with Crippen LogP contribution in [0.2, 0.25) is 0 Å². The average Bonchev–Trinajstić information content (AvgIpc) is 3.58. The molecule has 0 saturated carbocycles. The second kappa shape index (κ2) is 8.95. The Labute approximate surface area is 210 Å². The molecule has 4 aliphatic heterocycles. The molecule has 4 heterocycles. The third kappa shape index (κ3) is 4.50. The molecule has 0 radical (unpaired) electrons. The van der Waals surface area contributed by atoms with E-state index in [1.54, 1.807) is 0 Å². The van der Waals surface area contributed by atoms with E-state index in [-0.39, 0.29) is 12.7 Å². The molecule has 36 heavy (non-hydrogen) atoms. The highest BCUT2D eigenvalue weighted by Crippen LogP contribution is 2.46. The number of hydrogen-bond donors (Lipinski definition) is 1. The molecule has 2 aromatic rings. The van der Waals surface area contributed by atoms with Crippen molar-refractivity contribution in [2.75, 3.05) is 13.2 Å². The predicted molar refractivity (Wildman–Crippen MR) is 126 cm³/mol. The number of fused-ring (bicyclic) bond motifs is 2. The first kappa shape index (κ1) is 24.1. The quantitative estimate of drug-likeness (QED) is 0.597. The van der Waals surface area contributed by atoms with Crippen molar-refractivity contribution < 1.29 is 38.4 Å². The Kier molecular flexibility index (Phi) is 6.00. The SMILES string of the molecule is CC1(C)O[C@H]2[C@@H]([C@H]3COC(C)(C)O3)OC(N(O)[C@H]3COc4cc(OCc5ccccc5)ccc43)[C@H]2O1. The number of rotatable bonds is 6. The highest BCUT2D eigenvalue weighted by Gasteiger charge is 2.61. The van der Waals surface area contributed by atoms with Crippen LogP contribution in [0.25, 0.3) is 0 Å². The average molecular weight is 500 g/mol. The molecular formula is C27H33NO8. The summed E-state index contributed by atoms with van der Waals surface area (Å²) in [5.41, 5.74) is 1.94. The zero-order valence-corrected chi connectivity index (χ0v) is 21.0. The summed E-state index contributed by atoms with van der Waals surface area (Å²) in [6, 6.07) is 15.2. The maximum Gasteiger partial charge on any atom is 0.164 e. The predicted octanol–water partition coefficient (Wildman–Crippen LogP) is 3.79. The van der Waals surface area contributed by atoms with Gasteiger partial charge in [-0.1, -0.05) is 30.3 Å². The Morgan fingerprint density at radius 2 is 1.69 bits per heavy atom. The van der Waals surface area contributed by atoms with Gasteiger partial charge in [0, 0.05) is 11.6 Å². The molecule has 6 rings (SSSR count). The van der Waals surface area contributed by atoms with Gasteiger partial charge in [0.25, 0.3) is 0 Å². The second-order valence-corrected chi connectivity index (χ2v) is 10.6. The van der Waals surface area contributed by atoms with Crippen molar-refractivity contribution in [1.82, 2.24) is 5.06 Å². The number of benzene rings is 2. The maximum atomic E-state index is 11.4. The summed E-state index contributed by atoms with van der Waals surface area (Å²) >= 11 is 0. The van der Waals surface area contributed by atoms with Crippen molar-refractivity contribution in [3.05, 3.63) is 59.7 Å². The van der Waals surface area contributed by atoms with Gasteiger partial charge in [0.15, 0.2) is 17.8 Å². The van der Waals surface area contributed by atoms with Crippen LogP contribution in [0.5, 0.6) is 11.5 Å². The molecule has 9 nitrogen and oxygen atoms in total. The van der Waals surface area contributed by atoms with Crippen molar-refractivity contribution in [3.8, 4) is 11.5 Å². The second-order valence-electron chi connectivity index (χ2n) is 10.6. The highest BCUT2D eigenvalue weighted by molar-refractivity contribution is 5.45. The van der Waals surface area contributed by atoms with Gasteiger partial charge in [-0.2, -0.15) is 0 Å². The normalized spacial score (nSPS) is 33.9. The first-order chi connectivity index (χ1) is 17.2. The van der Waals surface area contributed by atoms with Crippen molar-refractivity contribution in [1.29, 1.82) is 0 Å². The van der Waals surface area contributed by atoms with Gasteiger partial charge in [0.1, 0.15) is 55.2 Å². The van der Waals surface area contributed by atoms with Gasteiger partial charge < -0.3 is 38.4 Å². The topological polar surface area (TPSA) is 88.1 Å². The van der Waals surface area contributed by atoms with Crippen molar-refractivity contribution in [2.45, 2.75) is 82.6 Å². The van der Waals surface area contributed by atoms with Crippen LogP contribution in [-0.4, -0.2) is 65.7 Å². The Hall–Kier alpha value is -2.24. The Morgan fingerprint density at radius 3 is 2.44 bits per heavy atom. The van der Waals surface area contributed by atoms with Crippen LogP contribution in [0.4, 0.5) is 0 Å². The first-order valence-corrected chi connectivity index (χ1v) is 12.4. The summed E-state index contributed by atoms with van der Waals surface area (Å²) in [4.78, 5) is 0. The van der Waals surface area contributed by atoms with Crippen LogP contribution >= 0.6 is 0 Å². The minimum atomic E-state index is -0.805. The lowest BCUT2D eigenvalue weighted by Gasteiger charge is -2.31. The lowest BCUT2D eigenvalue weighted by Crippen LogP contribution is -2.44. The molecule has 1 unspecified atom stereocenters. The summed E-state index contributed by atoms with van der Waals surface area (Å²) in [6.45, 7) is 8.59. The molecule has 3 fully saturated rings. The van der Waals surface area contributed by atoms with Crippen LogP contribution in [0.15, 0.2) is 48.5 Å². The van der Waals surface area contributed by atoms with E-state index in [4.69, 9.17) is 33.2 Å². The molecule has 0 bridgehead atoms. The molecule has 0 spiro atoms. The molecule has 6 atom stereocenters. The Morgan fingerprint density at radius 1 is 0.917 bits per heavy atom. The van der Waals surface area contributed by atoms with Crippen molar-refractivity contribution in [2.24, 2.45) is 0 Å². The van der Waals surface area contributed by atoms with E-state index in [0.29, 0.717) is 24.7 Å². The monoisotopic (exact) mass is 499 g/mol. The zero-order chi connectivity index (χ0) is 25.1. The van der Waals surface area contributed by atoms with Gasteiger partial charge in [-0.05, 0) is 45.4 Å². The molecule has 0 aromatic heterocycles. The summed E-state index contributed by atoms with van der Waals surface area (Å²) in [5.74, 6) is -0.127.